The van der Waals surface area contributed by atoms with Crippen molar-refractivity contribution in [3.63, 3.8) is 0 Å². The topological polar surface area (TPSA) is 75.2 Å². The lowest BCUT2D eigenvalue weighted by Crippen LogP contribution is -2.35. The number of benzene rings is 1. The minimum absolute atomic E-state index is 0.0319. The van der Waals surface area contributed by atoms with Gasteiger partial charge in [-0.1, -0.05) is 17.8 Å². The largest absolute Gasteiger partial charge is 0.333 e. The van der Waals surface area contributed by atoms with Crippen LogP contribution in [0.1, 0.15) is 40.2 Å². The molecule has 0 radical (unpaired) electrons. The van der Waals surface area contributed by atoms with Gasteiger partial charge in [0.15, 0.2) is 5.13 Å². The van der Waals surface area contributed by atoms with Crippen molar-refractivity contribution in [1.29, 1.82) is 0 Å². The van der Waals surface area contributed by atoms with E-state index in [1.165, 1.54) is 11.3 Å². The van der Waals surface area contributed by atoms with Crippen LogP contribution in [0.15, 0.2) is 23.7 Å². The molecule has 2 amide bonds. The first kappa shape index (κ1) is 16.8. The van der Waals surface area contributed by atoms with E-state index in [0.717, 1.165) is 46.5 Å². The monoisotopic (exact) mass is 398 g/mol. The molecule has 0 atom stereocenters. The molecular formula is C19H18N4O2S2. The zero-order chi connectivity index (χ0) is 18.4. The number of hydrogen-bond donors (Lipinski definition) is 1. The highest BCUT2D eigenvalue weighted by Crippen LogP contribution is 2.32. The van der Waals surface area contributed by atoms with Crippen molar-refractivity contribution < 1.29 is 9.59 Å². The third-order valence-electron chi connectivity index (χ3n) is 5.30. The first-order valence-electron chi connectivity index (χ1n) is 9.09. The van der Waals surface area contributed by atoms with Crippen LogP contribution in [0.2, 0.25) is 0 Å². The minimum Gasteiger partial charge on any atom is -0.333 e. The van der Waals surface area contributed by atoms with Crippen molar-refractivity contribution in [1.82, 2.24) is 14.9 Å². The molecule has 1 fully saturated rings. The van der Waals surface area contributed by atoms with Crippen LogP contribution in [0.25, 0.3) is 10.2 Å². The summed E-state index contributed by atoms with van der Waals surface area (Å²) in [6.07, 6.45) is 3.81. The summed E-state index contributed by atoms with van der Waals surface area (Å²) in [6.45, 7) is 1.19. The van der Waals surface area contributed by atoms with Gasteiger partial charge in [0.05, 0.1) is 28.0 Å². The van der Waals surface area contributed by atoms with Crippen molar-refractivity contribution in [2.75, 3.05) is 11.9 Å². The van der Waals surface area contributed by atoms with E-state index in [0.29, 0.717) is 23.8 Å². The second-order valence-electron chi connectivity index (χ2n) is 7.02. The Balaban J connectivity index is 1.31. The van der Waals surface area contributed by atoms with Gasteiger partial charge in [0.1, 0.15) is 0 Å². The third-order valence-corrected chi connectivity index (χ3v) is 7.09. The average Bonchev–Trinajstić information content (AvgIpc) is 3.23. The molecule has 1 aliphatic carbocycles. The molecule has 138 valence electrons. The molecule has 1 N–H and O–H groups in total. The van der Waals surface area contributed by atoms with Crippen LogP contribution in [0, 0.1) is 5.92 Å². The quantitative estimate of drug-likeness (QED) is 0.730. The Hall–Kier alpha value is -2.32. The fourth-order valence-corrected chi connectivity index (χ4v) is 5.21. The van der Waals surface area contributed by atoms with Crippen molar-refractivity contribution in [2.45, 2.75) is 32.2 Å². The standard InChI is InChI=1S/C19H18N4O2S2/c24-17(11-2-1-3-11)22-19-21-14-6-7-23(9-16(14)27-19)18(25)12-4-5-13-15(8-12)26-10-20-13/h4-5,8,10-11H,1-3,6-7,9H2,(H,21,22,24). The Morgan fingerprint density at radius 2 is 2.15 bits per heavy atom. The Bertz CT molecular complexity index is 1040. The maximum absolute atomic E-state index is 12.9. The predicted octanol–water partition coefficient (Wildman–Crippen LogP) is 3.69. The summed E-state index contributed by atoms with van der Waals surface area (Å²) in [5, 5.41) is 3.62. The molecule has 3 heterocycles. The van der Waals surface area contributed by atoms with Crippen LogP contribution in [0.3, 0.4) is 0 Å². The van der Waals surface area contributed by atoms with Crippen LogP contribution >= 0.6 is 22.7 Å². The van der Waals surface area contributed by atoms with Gasteiger partial charge >= 0.3 is 0 Å². The molecule has 8 heteroatoms. The SMILES string of the molecule is O=C(Nc1nc2c(s1)CN(C(=O)c1ccc3ncsc3c1)CC2)C1CCC1. The average molecular weight is 399 g/mol. The number of aromatic nitrogens is 2. The molecular weight excluding hydrogens is 380 g/mol. The molecule has 5 rings (SSSR count). The van der Waals surface area contributed by atoms with E-state index >= 15 is 0 Å². The molecule has 0 bridgehead atoms. The van der Waals surface area contributed by atoms with Gasteiger partial charge in [-0.25, -0.2) is 9.97 Å². The summed E-state index contributed by atoms with van der Waals surface area (Å²) >= 11 is 3.03. The molecule has 2 aromatic heterocycles. The predicted molar refractivity (Wildman–Crippen MR) is 106 cm³/mol. The first-order valence-corrected chi connectivity index (χ1v) is 10.8. The summed E-state index contributed by atoms with van der Waals surface area (Å²) in [4.78, 5) is 36.8. The van der Waals surface area contributed by atoms with Gasteiger partial charge in [-0.2, -0.15) is 0 Å². The lowest BCUT2D eigenvalue weighted by Gasteiger charge is -2.26. The van der Waals surface area contributed by atoms with E-state index < -0.39 is 0 Å². The van der Waals surface area contributed by atoms with Crippen molar-refractivity contribution in [2.24, 2.45) is 5.92 Å². The highest BCUT2D eigenvalue weighted by Gasteiger charge is 2.28. The number of hydrogen-bond acceptors (Lipinski definition) is 6. The molecule has 3 aromatic rings. The van der Waals surface area contributed by atoms with Gasteiger partial charge in [-0.3, -0.25) is 9.59 Å². The van der Waals surface area contributed by atoms with Gasteiger partial charge in [0.2, 0.25) is 5.91 Å². The smallest absolute Gasteiger partial charge is 0.254 e. The van der Waals surface area contributed by atoms with E-state index in [1.807, 2.05) is 23.1 Å². The highest BCUT2D eigenvalue weighted by atomic mass is 32.1. The summed E-state index contributed by atoms with van der Waals surface area (Å²) in [5.74, 6) is 0.258. The number of nitrogens with zero attached hydrogens (tertiary/aromatic N) is 3. The van der Waals surface area contributed by atoms with Gasteiger partial charge in [0.25, 0.3) is 5.91 Å². The molecule has 1 aliphatic heterocycles. The van der Waals surface area contributed by atoms with Gasteiger partial charge in [0, 0.05) is 29.3 Å². The van der Waals surface area contributed by atoms with Crippen LogP contribution in [-0.4, -0.2) is 33.2 Å². The zero-order valence-electron chi connectivity index (χ0n) is 14.6. The van der Waals surface area contributed by atoms with Crippen LogP contribution in [-0.2, 0) is 17.8 Å². The van der Waals surface area contributed by atoms with Crippen LogP contribution < -0.4 is 5.32 Å². The molecule has 1 aromatic carbocycles. The molecule has 0 spiro atoms. The zero-order valence-corrected chi connectivity index (χ0v) is 16.2. The Morgan fingerprint density at radius 3 is 2.96 bits per heavy atom. The fourth-order valence-electron chi connectivity index (χ4n) is 3.47. The summed E-state index contributed by atoms with van der Waals surface area (Å²) in [7, 11) is 0. The number of fused-ring (bicyclic) bond motifs is 2. The second-order valence-corrected chi connectivity index (χ2v) is 8.99. The third kappa shape index (κ3) is 3.12. The van der Waals surface area contributed by atoms with Crippen LogP contribution in [0.5, 0.6) is 0 Å². The van der Waals surface area contributed by atoms with Crippen molar-refractivity contribution in [3.8, 4) is 0 Å². The molecule has 0 unspecified atom stereocenters. The number of carbonyl (C=O) groups is 2. The first-order chi connectivity index (χ1) is 13.2. The Labute approximate surface area is 164 Å². The number of rotatable bonds is 3. The molecule has 0 saturated heterocycles. The normalized spacial score (nSPS) is 16.8. The summed E-state index contributed by atoms with van der Waals surface area (Å²) in [5.41, 5.74) is 4.42. The molecule has 1 saturated carbocycles. The Morgan fingerprint density at radius 1 is 1.26 bits per heavy atom. The highest BCUT2D eigenvalue weighted by molar-refractivity contribution is 7.16. The fraction of sp³-hybridized carbons (Fsp3) is 0.368. The molecule has 2 aliphatic rings. The number of carbonyl (C=O) groups excluding carboxylic acids is 2. The summed E-state index contributed by atoms with van der Waals surface area (Å²) in [6, 6.07) is 5.66. The number of thiazole rings is 2. The van der Waals surface area contributed by atoms with E-state index in [4.69, 9.17) is 0 Å². The Kier molecular flexibility index (Phi) is 4.17. The van der Waals surface area contributed by atoms with E-state index in [9.17, 15) is 9.59 Å². The van der Waals surface area contributed by atoms with Gasteiger partial charge in [-0.05, 0) is 31.0 Å². The van der Waals surface area contributed by atoms with Crippen molar-refractivity contribution in [3.05, 3.63) is 39.8 Å². The number of nitrogens with one attached hydrogen (secondary N) is 1. The van der Waals surface area contributed by atoms with Crippen molar-refractivity contribution >= 4 is 49.8 Å². The molecule has 6 nitrogen and oxygen atoms in total. The number of anilines is 1. The molecule has 27 heavy (non-hydrogen) atoms. The van der Waals surface area contributed by atoms with Gasteiger partial charge < -0.3 is 10.2 Å². The lowest BCUT2D eigenvalue weighted by atomic mass is 9.85. The van der Waals surface area contributed by atoms with E-state index in [2.05, 4.69) is 15.3 Å². The van der Waals surface area contributed by atoms with E-state index in [-0.39, 0.29) is 17.7 Å². The second kappa shape index (κ2) is 6.69. The van der Waals surface area contributed by atoms with Gasteiger partial charge in [-0.15, -0.1) is 11.3 Å². The maximum Gasteiger partial charge on any atom is 0.254 e. The van der Waals surface area contributed by atoms with E-state index in [1.54, 1.807) is 16.8 Å². The number of amides is 2. The minimum atomic E-state index is 0.0319. The maximum atomic E-state index is 12.9. The lowest BCUT2D eigenvalue weighted by molar-refractivity contribution is -0.122. The summed E-state index contributed by atoms with van der Waals surface area (Å²) < 4.78 is 1.03. The van der Waals surface area contributed by atoms with Crippen LogP contribution in [0.4, 0.5) is 5.13 Å².